The summed E-state index contributed by atoms with van der Waals surface area (Å²) in [6, 6.07) is 6.47. The third-order valence-electron chi connectivity index (χ3n) is 3.99. The fourth-order valence-electron chi connectivity index (χ4n) is 2.97. The molecule has 3 rings (SSSR count). The Balaban J connectivity index is 2.37. The van der Waals surface area contributed by atoms with Gasteiger partial charge in [-0.15, -0.1) is 0 Å². The molecule has 3 heteroatoms. The van der Waals surface area contributed by atoms with E-state index in [9.17, 15) is 0 Å². The van der Waals surface area contributed by atoms with Crippen molar-refractivity contribution in [1.29, 1.82) is 0 Å². The maximum Gasteiger partial charge on any atom is 0.0763 e. The maximum atomic E-state index is 5.60. The van der Waals surface area contributed by atoms with Crippen molar-refractivity contribution < 1.29 is 4.74 Å². The van der Waals surface area contributed by atoms with Gasteiger partial charge in [-0.3, -0.25) is 4.98 Å². The number of ether oxygens (including phenoxy) is 1. The first-order valence-corrected chi connectivity index (χ1v) is 7.23. The highest BCUT2D eigenvalue weighted by atomic mass is 16.5. The Morgan fingerprint density at radius 3 is 2.75 bits per heavy atom. The molecule has 0 spiro atoms. The van der Waals surface area contributed by atoms with E-state index in [1.54, 1.807) is 0 Å². The standard InChI is InChI=1S/C17H22N2O/c1-17(2,3)13-7-5-6-11-15(18-4)12-10-20-9-8-14(12)19-16(11)13/h5-7H,8-10H2,1-4H3,(H,18,19). The van der Waals surface area contributed by atoms with E-state index in [1.165, 1.54) is 27.9 Å². The molecule has 2 aromatic rings. The van der Waals surface area contributed by atoms with Crippen molar-refractivity contribution in [3.8, 4) is 0 Å². The molecule has 1 aliphatic heterocycles. The van der Waals surface area contributed by atoms with Crippen molar-refractivity contribution in [2.45, 2.75) is 39.2 Å². The molecule has 106 valence electrons. The topological polar surface area (TPSA) is 34.2 Å². The molecule has 0 amide bonds. The SMILES string of the molecule is CNc1c2c(nc3c(C(C)(C)C)cccc13)CCOC2. The molecule has 0 radical (unpaired) electrons. The molecule has 0 unspecified atom stereocenters. The lowest BCUT2D eigenvalue weighted by Gasteiger charge is -2.25. The molecule has 0 bridgehead atoms. The highest BCUT2D eigenvalue weighted by Crippen LogP contribution is 2.36. The Morgan fingerprint density at radius 1 is 1.25 bits per heavy atom. The van der Waals surface area contributed by atoms with Gasteiger partial charge in [-0.1, -0.05) is 39.0 Å². The number of anilines is 1. The van der Waals surface area contributed by atoms with E-state index >= 15 is 0 Å². The van der Waals surface area contributed by atoms with E-state index in [0.717, 1.165) is 18.5 Å². The minimum Gasteiger partial charge on any atom is -0.387 e. The van der Waals surface area contributed by atoms with Gasteiger partial charge in [0.25, 0.3) is 0 Å². The van der Waals surface area contributed by atoms with E-state index in [0.29, 0.717) is 6.61 Å². The summed E-state index contributed by atoms with van der Waals surface area (Å²) in [7, 11) is 1.98. The van der Waals surface area contributed by atoms with Gasteiger partial charge in [0.1, 0.15) is 0 Å². The maximum absolute atomic E-state index is 5.60. The van der Waals surface area contributed by atoms with E-state index in [4.69, 9.17) is 9.72 Å². The summed E-state index contributed by atoms with van der Waals surface area (Å²) in [6.07, 6.45) is 0.901. The number of hydrogen-bond acceptors (Lipinski definition) is 3. The van der Waals surface area contributed by atoms with Crippen LogP contribution in [0.4, 0.5) is 5.69 Å². The van der Waals surface area contributed by atoms with Gasteiger partial charge >= 0.3 is 0 Å². The average molecular weight is 270 g/mol. The van der Waals surface area contributed by atoms with Crippen molar-refractivity contribution in [3.05, 3.63) is 35.0 Å². The van der Waals surface area contributed by atoms with Gasteiger partial charge in [-0.2, -0.15) is 0 Å². The van der Waals surface area contributed by atoms with Crippen LogP contribution in [0.5, 0.6) is 0 Å². The summed E-state index contributed by atoms with van der Waals surface area (Å²) in [5.41, 5.74) is 6.11. The number of nitrogens with one attached hydrogen (secondary N) is 1. The van der Waals surface area contributed by atoms with Crippen molar-refractivity contribution in [3.63, 3.8) is 0 Å². The Hall–Kier alpha value is -1.61. The van der Waals surface area contributed by atoms with Gasteiger partial charge in [0.05, 0.1) is 30.1 Å². The van der Waals surface area contributed by atoms with Crippen LogP contribution in [0.3, 0.4) is 0 Å². The molecule has 0 saturated heterocycles. The Kier molecular flexibility index (Phi) is 3.17. The first-order chi connectivity index (χ1) is 9.52. The number of rotatable bonds is 1. The Morgan fingerprint density at radius 2 is 2.05 bits per heavy atom. The number of fused-ring (bicyclic) bond motifs is 2. The highest BCUT2D eigenvalue weighted by Gasteiger charge is 2.23. The largest absolute Gasteiger partial charge is 0.387 e. The van der Waals surface area contributed by atoms with E-state index in [1.807, 2.05) is 7.05 Å². The normalized spacial score (nSPS) is 15.2. The van der Waals surface area contributed by atoms with Crippen LogP contribution in [0.15, 0.2) is 18.2 Å². The first kappa shape index (κ1) is 13.4. The summed E-state index contributed by atoms with van der Waals surface area (Å²) >= 11 is 0. The van der Waals surface area contributed by atoms with E-state index in [2.05, 4.69) is 44.3 Å². The lowest BCUT2D eigenvalue weighted by Crippen LogP contribution is -2.17. The predicted molar refractivity (Wildman–Crippen MR) is 83.3 cm³/mol. The van der Waals surface area contributed by atoms with Crippen molar-refractivity contribution in [2.24, 2.45) is 0 Å². The fraction of sp³-hybridized carbons (Fsp3) is 0.471. The molecule has 1 aliphatic rings. The van der Waals surface area contributed by atoms with Crippen LogP contribution in [-0.4, -0.2) is 18.6 Å². The average Bonchev–Trinajstić information content (AvgIpc) is 2.43. The van der Waals surface area contributed by atoms with Crippen molar-refractivity contribution in [2.75, 3.05) is 19.0 Å². The number of pyridine rings is 1. The zero-order chi connectivity index (χ0) is 14.3. The highest BCUT2D eigenvalue weighted by molar-refractivity contribution is 5.95. The fourth-order valence-corrected chi connectivity index (χ4v) is 2.97. The van der Waals surface area contributed by atoms with Gasteiger partial charge in [0.2, 0.25) is 0 Å². The number of para-hydroxylation sites is 1. The predicted octanol–water partition coefficient (Wildman–Crippen LogP) is 3.65. The zero-order valence-corrected chi connectivity index (χ0v) is 12.7. The molecular weight excluding hydrogens is 248 g/mol. The minimum absolute atomic E-state index is 0.0942. The van der Waals surface area contributed by atoms with Crippen LogP contribution in [0.2, 0.25) is 0 Å². The quantitative estimate of drug-likeness (QED) is 0.859. The molecule has 1 N–H and O–H groups in total. The second-order valence-corrected chi connectivity index (χ2v) is 6.42. The molecule has 3 nitrogen and oxygen atoms in total. The molecule has 1 aromatic heterocycles. The number of benzene rings is 1. The lowest BCUT2D eigenvalue weighted by molar-refractivity contribution is 0.110. The molecule has 20 heavy (non-hydrogen) atoms. The first-order valence-electron chi connectivity index (χ1n) is 7.23. The molecule has 0 saturated carbocycles. The van der Waals surface area contributed by atoms with Gasteiger partial charge in [0.15, 0.2) is 0 Å². The van der Waals surface area contributed by atoms with Gasteiger partial charge in [-0.25, -0.2) is 0 Å². The number of hydrogen-bond donors (Lipinski definition) is 1. The second kappa shape index (κ2) is 4.74. The van der Waals surface area contributed by atoms with Crippen LogP contribution in [-0.2, 0) is 23.2 Å². The molecule has 0 fully saturated rings. The minimum atomic E-state index is 0.0942. The number of nitrogens with zero attached hydrogens (tertiary/aromatic N) is 1. The molecular formula is C17H22N2O. The third-order valence-corrected chi connectivity index (χ3v) is 3.99. The van der Waals surface area contributed by atoms with Crippen LogP contribution in [0.25, 0.3) is 10.9 Å². The zero-order valence-electron chi connectivity index (χ0n) is 12.7. The van der Waals surface area contributed by atoms with E-state index < -0.39 is 0 Å². The van der Waals surface area contributed by atoms with E-state index in [-0.39, 0.29) is 5.41 Å². The molecule has 2 heterocycles. The van der Waals surface area contributed by atoms with Gasteiger partial charge in [0, 0.05) is 24.4 Å². The van der Waals surface area contributed by atoms with Gasteiger partial charge in [-0.05, 0) is 11.0 Å². The molecule has 0 atom stereocenters. The van der Waals surface area contributed by atoms with Crippen LogP contribution < -0.4 is 5.32 Å². The van der Waals surface area contributed by atoms with Crippen LogP contribution in [0, 0.1) is 0 Å². The summed E-state index contributed by atoms with van der Waals surface area (Å²) < 4.78 is 5.60. The summed E-state index contributed by atoms with van der Waals surface area (Å²) in [6.45, 7) is 8.15. The lowest BCUT2D eigenvalue weighted by atomic mass is 9.84. The van der Waals surface area contributed by atoms with Crippen LogP contribution >= 0.6 is 0 Å². The smallest absolute Gasteiger partial charge is 0.0763 e. The van der Waals surface area contributed by atoms with Gasteiger partial charge < -0.3 is 10.1 Å². The van der Waals surface area contributed by atoms with Crippen molar-refractivity contribution in [1.82, 2.24) is 4.98 Å². The summed E-state index contributed by atoms with van der Waals surface area (Å²) in [5, 5.41) is 4.56. The Bertz CT molecular complexity index is 656. The second-order valence-electron chi connectivity index (χ2n) is 6.42. The summed E-state index contributed by atoms with van der Waals surface area (Å²) in [5.74, 6) is 0. The monoisotopic (exact) mass is 270 g/mol. The summed E-state index contributed by atoms with van der Waals surface area (Å²) in [4.78, 5) is 4.97. The number of aromatic nitrogens is 1. The van der Waals surface area contributed by atoms with Crippen molar-refractivity contribution >= 4 is 16.6 Å². The molecule has 0 aliphatic carbocycles. The third kappa shape index (κ3) is 2.06. The van der Waals surface area contributed by atoms with Crippen LogP contribution in [0.1, 0.15) is 37.6 Å². The Labute approximate surface area is 120 Å². The molecule has 1 aromatic carbocycles.